The molecule has 1 saturated heterocycles. The number of ketones is 1. The number of hydrogen-bond acceptors (Lipinski definition) is 5. The number of carbonyl (C=O) groups excluding carboxylic acids is 2. The molecule has 0 radical (unpaired) electrons. The molecular weight excluding hydrogens is 502 g/mol. The second-order valence-electron chi connectivity index (χ2n) is 8.83. The molecule has 4 rings (SSSR count). The first-order valence-electron chi connectivity index (χ1n) is 12.2. The zero-order valence-electron chi connectivity index (χ0n) is 20.4. The van der Waals surface area contributed by atoms with Crippen molar-refractivity contribution in [2.75, 3.05) is 36.4 Å². The third kappa shape index (κ3) is 6.86. The van der Waals surface area contributed by atoms with Crippen molar-refractivity contribution in [1.29, 1.82) is 0 Å². The maximum Gasteiger partial charge on any atom is 0.417 e. The number of aryl methyl sites for hydroxylation is 1. The summed E-state index contributed by atoms with van der Waals surface area (Å²) in [6.07, 6.45) is -1.81. The number of aromatic nitrogens is 1. The third-order valence-electron chi connectivity index (χ3n) is 6.21. The van der Waals surface area contributed by atoms with Crippen molar-refractivity contribution in [2.45, 2.75) is 25.1 Å². The second kappa shape index (κ2) is 12.0. The standard InChI is InChI=1S/C27H27F4N5O2/c28-19-9-7-18(8-10-19)4-3-13-33-26(38)35-24-12-11-20(16-34-24)36-15-14-32-17-23(36)25(37)21-5-1-2-6-22(21)27(29,30)31/h1-2,5-12,16,23,32H,3-4,13-15,17H2,(H2,33,34,35,38). The van der Waals surface area contributed by atoms with Crippen molar-refractivity contribution >= 4 is 23.3 Å². The van der Waals surface area contributed by atoms with E-state index in [2.05, 4.69) is 20.9 Å². The molecule has 7 nitrogen and oxygen atoms in total. The number of anilines is 2. The van der Waals surface area contributed by atoms with Crippen molar-refractivity contribution in [2.24, 2.45) is 0 Å². The molecule has 11 heteroatoms. The molecule has 1 aromatic heterocycles. The van der Waals surface area contributed by atoms with Gasteiger partial charge in [-0.3, -0.25) is 10.1 Å². The predicted octanol–water partition coefficient (Wildman–Crippen LogP) is 4.65. The van der Waals surface area contributed by atoms with Gasteiger partial charge in [-0.2, -0.15) is 13.2 Å². The van der Waals surface area contributed by atoms with E-state index in [0.29, 0.717) is 38.2 Å². The highest BCUT2D eigenvalue weighted by atomic mass is 19.4. The van der Waals surface area contributed by atoms with Crippen molar-refractivity contribution < 1.29 is 27.2 Å². The summed E-state index contributed by atoms with van der Waals surface area (Å²) >= 11 is 0. The number of piperazine rings is 1. The normalized spacial score (nSPS) is 15.7. The molecule has 2 amide bonds. The molecule has 0 bridgehead atoms. The van der Waals surface area contributed by atoms with Crippen LogP contribution in [0.2, 0.25) is 0 Å². The summed E-state index contributed by atoms with van der Waals surface area (Å²) in [5.41, 5.74) is 0.190. The number of urea groups is 1. The Balaban J connectivity index is 1.35. The van der Waals surface area contributed by atoms with Crippen molar-refractivity contribution in [1.82, 2.24) is 15.6 Å². The van der Waals surface area contributed by atoms with Gasteiger partial charge in [-0.1, -0.05) is 30.3 Å². The van der Waals surface area contributed by atoms with Gasteiger partial charge in [0, 0.05) is 31.7 Å². The number of halogens is 4. The Kier molecular flexibility index (Phi) is 8.57. The lowest BCUT2D eigenvalue weighted by Gasteiger charge is -2.37. The van der Waals surface area contributed by atoms with E-state index in [0.717, 1.165) is 11.6 Å². The fourth-order valence-corrected chi connectivity index (χ4v) is 4.31. The monoisotopic (exact) mass is 529 g/mol. The maximum absolute atomic E-state index is 13.5. The number of hydrogen-bond donors (Lipinski definition) is 3. The van der Waals surface area contributed by atoms with E-state index >= 15 is 0 Å². The molecule has 1 unspecified atom stereocenters. The molecule has 1 aliphatic rings. The molecule has 1 aliphatic heterocycles. The van der Waals surface area contributed by atoms with E-state index in [1.807, 2.05) is 0 Å². The van der Waals surface area contributed by atoms with Gasteiger partial charge in [0.1, 0.15) is 17.7 Å². The van der Waals surface area contributed by atoms with Crippen LogP contribution >= 0.6 is 0 Å². The average Bonchev–Trinajstić information content (AvgIpc) is 2.92. The zero-order valence-corrected chi connectivity index (χ0v) is 20.4. The highest BCUT2D eigenvalue weighted by Crippen LogP contribution is 2.33. The number of carbonyl (C=O) groups is 2. The molecule has 0 saturated carbocycles. The Morgan fingerprint density at radius 2 is 1.82 bits per heavy atom. The molecule has 1 fully saturated rings. The van der Waals surface area contributed by atoms with Crippen LogP contribution in [0.3, 0.4) is 0 Å². The summed E-state index contributed by atoms with van der Waals surface area (Å²) in [6, 6.07) is 12.9. The van der Waals surface area contributed by atoms with Crippen LogP contribution in [-0.2, 0) is 12.6 Å². The van der Waals surface area contributed by atoms with Crippen molar-refractivity contribution in [3.63, 3.8) is 0 Å². The van der Waals surface area contributed by atoms with Gasteiger partial charge in [-0.05, 0) is 48.7 Å². The van der Waals surface area contributed by atoms with E-state index in [-0.39, 0.29) is 23.7 Å². The molecule has 3 aromatic rings. The van der Waals surface area contributed by atoms with Crippen LogP contribution in [0.4, 0.5) is 33.9 Å². The first-order valence-corrected chi connectivity index (χ1v) is 12.2. The number of rotatable bonds is 8. The quantitative estimate of drug-likeness (QED) is 0.225. The number of alkyl halides is 3. The lowest BCUT2D eigenvalue weighted by atomic mass is 9.96. The molecule has 38 heavy (non-hydrogen) atoms. The van der Waals surface area contributed by atoms with Crippen LogP contribution in [-0.4, -0.2) is 49.0 Å². The van der Waals surface area contributed by atoms with Gasteiger partial charge in [-0.15, -0.1) is 0 Å². The lowest BCUT2D eigenvalue weighted by molar-refractivity contribution is -0.137. The minimum Gasteiger partial charge on any atom is -0.357 e. The first kappa shape index (κ1) is 27.1. The number of pyridine rings is 1. The van der Waals surface area contributed by atoms with Crippen LogP contribution in [0.1, 0.15) is 27.9 Å². The molecular formula is C27H27F4N5O2. The lowest BCUT2D eigenvalue weighted by Crippen LogP contribution is -2.55. The first-order chi connectivity index (χ1) is 18.2. The summed E-state index contributed by atoms with van der Waals surface area (Å²) in [7, 11) is 0. The highest BCUT2D eigenvalue weighted by molar-refractivity contribution is 6.03. The smallest absolute Gasteiger partial charge is 0.357 e. The number of amides is 2. The molecule has 0 spiro atoms. The molecule has 1 atom stereocenters. The van der Waals surface area contributed by atoms with Gasteiger partial charge in [0.2, 0.25) is 0 Å². The van der Waals surface area contributed by atoms with Crippen molar-refractivity contribution in [3.05, 3.63) is 89.4 Å². The van der Waals surface area contributed by atoms with Crippen LogP contribution in [0, 0.1) is 5.82 Å². The summed E-state index contributed by atoms with van der Waals surface area (Å²) in [4.78, 5) is 31.4. The molecule has 200 valence electrons. The Bertz CT molecular complexity index is 1250. The number of Topliss-reactive ketones (excluding diaryl/α,β-unsaturated/α-hetero) is 1. The van der Waals surface area contributed by atoms with Gasteiger partial charge in [0.05, 0.1) is 17.4 Å². The van der Waals surface area contributed by atoms with Gasteiger partial charge in [0.15, 0.2) is 5.78 Å². The van der Waals surface area contributed by atoms with Crippen LogP contribution in [0.5, 0.6) is 0 Å². The zero-order chi connectivity index (χ0) is 27.1. The van der Waals surface area contributed by atoms with E-state index < -0.39 is 29.6 Å². The SMILES string of the molecule is O=C(NCCCc1ccc(F)cc1)Nc1ccc(N2CCNCC2C(=O)c2ccccc2C(F)(F)F)cn1. The third-order valence-corrected chi connectivity index (χ3v) is 6.21. The van der Waals surface area contributed by atoms with Crippen LogP contribution in [0.15, 0.2) is 66.9 Å². The summed E-state index contributed by atoms with van der Waals surface area (Å²) < 4.78 is 53.4. The minimum absolute atomic E-state index is 0.186. The van der Waals surface area contributed by atoms with Crippen LogP contribution in [0.25, 0.3) is 0 Å². The largest absolute Gasteiger partial charge is 0.417 e. The fraction of sp³-hybridized carbons (Fsp3) is 0.296. The molecule has 2 heterocycles. The molecule has 2 aromatic carbocycles. The highest BCUT2D eigenvalue weighted by Gasteiger charge is 2.38. The van der Waals surface area contributed by atoms with E-state index in [4.69, 9.17) is 0 Å². The van der Waals surface area contributed by atoms with Crippen molar-refractivity contribution in [3.8, 4) is 0 Å². The van der Waals surface area contributed by atoms with E-state index in [1.54, 1.807) is 29.2 Å². The molecule has 0 aliphatic carbocycles. The number of nitrogens with zero attached hydrogens (tertiary/aromatic N) is 2. The number of nitrogens with one attached hydrogen (secondary N) is 3. The van der Waals surface area contributed by atoms with Crippen LogP contribution < -0.4 is 20.9 Å². The Hall–Kier alpha value is -3.99. The van der Waals surface area contributed by atoms with Gasteiger partial charge < -0.3 is 15.5 Å². The van der Waals surface area contributed by atoms with E-state index in [1.165, 1.54) is 36.5 Å². The molecule has 3 N–H and O–H groups in total. The van der Waals surface area contributed by atoms with Gasteiger partial charge in [0.25, 0.3) is 0 Å². The maximum atomic E-state index is 13.5. The number of benzene rings is 2. The topological polar surface area (TPSA) is 86.4 Å². The second-order valence-corrected chi connectivity index (χ2v) is 8.83. The Morgan fingerprint density at radius 3 is 2.53 bits per heavy atom. The Labute approximate surface area is 217 Å². The van der Waals surface area contributed by atoms with Gasteiger partial charge in [-0.25, -0.2) is 14.2 Å². The minimum atomic E-state index is -4.64. The fourth-order valence-electron chi connectivity index (χ4n) is 4.31. The van der Waals surface area contributed by atoms with Gasteiger partial charge >= 0.3 is 12.2 Å². The van der Waals surface area contributed by atoms with E-state index in [9.17, 15) is 27.2 Å². The average molecular weight is 530 g/mol. The Morgan fingerprint density at radius 1 is 1.05 bits per heavy atom. The summed E-state index contributed by atoms with van der Waals surface area (Å²) in [5.74, 6) is -0.645. The predicted molar refractivity (Wildman–Crippen MR) is 136 cm³/mol. The summed E-state index contributed by atoms with van der Waals surface area (Å²) in [5, 5.41) is 8.43. The summed E-state index contributed by atoms with van der Waals surface area (Å²) in [6.45, 7) is 1.54.